The van der Waals surface area contributed by atoms with Gasteiger partial charge in [0.25, 0.3) is 0 Å². The zero-order valence-corrected chi connectivity index (χ0v) is 22.1. The van der Waals surface area contributed by atoms with E-state index in [9.17, 15) is 0 Å². The number of aryl methyl sites for hydroxylation is 1. The summed E-state index contributed by atoms with van der Waals surface area (Å²) in [6.45, 7) is 6.16. The molecule has 0 aliphatic carbocycles. The van der Waals surface area contributed by atoms with Crippen LogP contribution < -0.4 is 4.74 Å². The molecule has 0 unspecified atom stereocenters. The number of aromatic nitrogens is 4. The van der Waals surface area contributed by atoms with Crippen molar-refractivity contribution in [2.24, 2.45) is 0 Å². The van der Waals surface area contributed by atoms with Crippen molar-refractivity contribution in [2.45, 2.75) is 19.8 Å². The molecule has 1 aliphatic heterocycles. The molecule has 2 N–H and O–H groups in total. The lowest BCUT2D eigenvalue weighted by Gasteiger charge is -2.15. The molecule has 0 bridgehead atoms. The molecule has 4 aromatic heterocycles. The van der Waals surface area contributed by atoms with E-state index in [-0.39, 0.29) is 0 Å². The average molecular weight is 520 g/mol. The van der Waals surface area contributed by atoms with E-state index >= 15 is 0 Å². The smallest absolute Gasteiger partial charge is 0.138 e. The highest BCUT2D eigenvalue weighted by Gasteiger charge is 2.15. The number of thiophene rings is 1. The van der Waals surface area contributed by atoms with Gasteiger partial charge in [-0.25, -0.2) is 0 Å². The third-order valence-electron chi connectivity index (χ3n) is 7.41. The summed E-state index contributed by atoms with van der Waals surface area (Å²) in [5.41, 5.74) is 7.39. The van der Waals surface area contributed by atoms with Gasteiger partial charge in [-0.2, -0.15) is 5.10 Å². The lowest BCUT2D eigenvalue weighted by atomic mass is 10.0. The van der Waals surface area contributed by atoms with Gasteiger partial charge >= 0.3 is 0 Å². The molecule has 0 spiro atoms. The van der Waals surface area contributed by atoms with E-state index in [0.717, 1.165) is 51.2 Å². The molecule has 2 aromatic carbocycles. The quantitative estimate of drug-likeness (QED) is 0.232. The van der Waals surface area contributed by atoms with Crippen molar-refractivity contribution >= 4 is 33.1 Å². The third-order valence-corrected chi connectivity index (χ3v) is 8.44. The largest absolute Gasteiger partial charge is 0.491 e. The zero-order valence-electron chi connectivity index (χ0n) is 21.3. The Bertz CT molecular complexity index is 1740. The molecule has 5 heterocycles. The van der Waals surface area contributed by atoms with E-state index in [1.165, 1.54) is 46.6 Å². The van der Waals surface area contributed by atoms with Crippen LogP contribution >= 0.6 is 11.3 Å². The molecule has 7 heteroatoms. The first kappa shape index (κ1) is 23.2. The highest BCUT2D eigenvalue weighted by molar-refractivity contribution is 7.15. The van der Waals surface area contributed by atoms with Gasteiger partial charge in [-0.3, -0.25) is 15.0 Å². The Morgan fingerprint density at radius 3 is 2.71 bits per heavy atom. The van der Waals surface area contributed by atoms with Crippen LogP contribution in [0.5, 0.6) is 5.75 Å². The molecule has 1 aliphatic rings. The maximum absolute atomic E-state index is 6.05. The van der Waals surface area contributed by atoms with Crippen LogP contribution in [0.1, 0.15) is 17.7 Å². The van der Waals surface area contributed by atoms with Gasteiger partial charge in [0.1, 0.15) is 18.1 Å². The van der Waals surface area contributed by atoms with Crippen molar-refractivity contribution < 1.29 is 4.74 Å². The minimum atomic E-state index is 0.684. The number of rotatable bonds is 7. The van der Waals surface area contributed by atoms with Crippen LogP contribution in [-0.4, -0.2) is 51.3 Å². The summed E-state index contributed by atoms with van der Waals surface area (Å²) < 4.78 is 6.05. The Morgan fingerprint density at radius 1 is 0.921 bits per heavy atom. The third kappa shape index (κ3) is 4.38. The topological polar surface area (TPSA) is 69.8 Å². The number of ether oxygens (including phenoxy) is 1. The summed E-state index contributed by atoms with van der Waals surface area (Å²) in [7, 11) is 0. The number of nitrogens with one attached hydrogen (secondary N) is 2. The Hall–Kier alpha value is -3.94. The molecule has 1 fully saturated rings. The van der Waals surface area contributed by atoms with Crippen LogP contribution in [0.2, 0.25) is 0 Å². The monoisotopic (exact) mass is 519 g/mol. The summed E-state index contributed by atoms with van der Waals surface area (Å²) in [4.78, 5) is 13.1. The predicted molar refractivity (Wildman–Crippen MR) is 156 cm³/mol. The first-order valence-corrected chi connectivity index (χ1v) is 14.0. The minimum absolute atomic E-state index is 0.684. The van der Waals surface area contributed by atoms with Crippen molar-refractivity contribution in [3.05, 3.63) is 77.9 Å². The van der Waals surface area contributed by atoms with Gasteiger partial charge in [0.15, 0.2) is 0 Å². The van der Waals surface area contributed by atoms with Crippen molar-refractivity contribution in [1.82, 2.24) is 25.1 Å². The number of hydrogen-bond donors (Lipinski definition) is 2. The number of nitrogens with zero attached hydrogens (tertiary/aromatic N) is 3. The molecule has 6 nitrogen and oxygen atoms in total. The van der Waals surface area contributed by atoms with Gasteiger partial charge in [0, 0.05) is 49.9 Å². The first-order chi connectivity index (χ1) is 18.7. The van der Waals surface area contributed by atoms with E-state index < -0.39 is 0 Å². The van der Waals surface area contributed by atoms with Crippen molar-refractivity contribution in [3.63, 3.8) is 0 Å². The van der Waals surface area contributed by atoms with E-state index in [4.69, 9.17) is 9.84 Å². The van der Waals surface area contributed by atoms with E-state index in [1.807, 2.05) is 17.5 Å². The lowest BCUT2D eigenvalue weighted by molar-refractivity contribution is 0.237. The normalized spacial score (nSPS) is 14.1. The van der Waals surface area contributed by atoms with Gasteiger partial charge in [-0.15, -0.1) is 11.3 Å². The number of pyridine rings is 1. The molecule has 0 saturated carbocycles. The summed E-state index contributed by atoms with van der Waals surface area (Å²) in [5, 5.41) is 10.2. The number of H-pyrrole nitrogens is 2. The fraction of sp³-hybridized carbons (Fsp3) is 0.226. The number of aromatic amines is 2. The molecule has 190 valence electrons. The summed E-state index contributed by atoms with van der Waals surface area (Å²) in [6.07, 6.45) is 6.28. The summed E-state index contributed by atoms with van der Waals surface area (Å²) in [5.74, 6) is 0.807. The van der Waals surface area contributed by atoms with Crippen LogP contribution in [0.4, 0.5) is 0 Å². The Balaban J connectivity index is 1.20. The Labute approximate surface area is 225 Å². The van der Waals surface area contributed by atoms with Crippen LogP contribution in [0.15, 0.2) is 73.1 Å². The van der Waals surface area contributed by atoms with Crippen molar-refractivity contribution in [2.75, 3.05) is 26.2 Å². The minimum Gasteiger partial charge on any atom is -0.491 e. The van der Waals surface area contributed by atoms with Crippen LogP contribution in [-0.2, 0) is 0 Å². The Kier molecular flexibility index (Phi) is 5.95. The van der Waals surface area contributed by atoms with Gasteiger partial charge < -0.3 is 9.72 Å². The molecule has 6 aromatic rings. The number of fused-ring (bicyclic) bond motifs is 2. The number of likely N-dealkylation sites (tertiary alicyclic amines) is 1. The molecule has 0 amide bonds. The van der Waals surface area contributed by atoms with Crippen molar-refractivity contribution in [3.8, 4) is 38.7 Å². The number of hydrogen-bond acceptors (Lipinski definition) is 5. The molecular formula is C31H29N5OS. The zero-order chi connectivity index (χ0) is 25.5. The lowest BCUT2D eigenvalue weighted by Crippen LogP contribution is -2.25. The van der Waals surface area contributed by atoms with Gasteiger partial charge in [-0.1, -0.05) is 18.2 Å². The van der Waals surface area contributed by atoms with E-state index in [2.05, 4.69) is 87.6 Å². The number of benzene rings is 2. The predicted octanol–water partition coefficient (Wildman–Crippen LogP) is 7.28. The van der Waals surface area contributed by atoms with Gasteiger partial charge in [0.05, 0.1) is 17.4 Å². The van der Waals surface area contributed by atoms with E-state index in [0.29, 0.717) is 6.61 Å². The average Bonchev–Trinajstić information content (AvgIpc) is 3.74. The molecule has 0 radical (unpaired) electrons. The maximum Gasteiger partial charge on any atom is 0.138 e. The molecule has 0 atom stereocenters. The highest BCUT2D eigenvalue weighted by atomic mass is 32.1. The second-order valence-corrected chi connectivity index (χ2v) is 11.3. The molecule has 7 rings (SSSR count). The summed E-state index contributed by atoms with van der Waals surface area (Å²) in [6, 6.07) is 21.5. The maximum atomic E-state index is 6.05. The SMILES string of the molecule is Cc1ccc(-c2cccc3[nH]c(-c4n[nH]c5ccc(-c6cncc(OCCN7CCCC7)c6)cc45)cc23)s1. The second-order valence-electron chi connectivity index (χ2n) is 10.00. The molecular weight excluding hydrogens is 490 g/mol. The van der Waals surface area contributed by atoms with Crippen molar-refractivity contribution in [1.29, 1.82) is 0 Å². The first-order valence-electron chi connectivity index (χ1n) is 13.2. The standard InChI is InChI=1S/C31H29N5OS/c1-20-7-10-30(38-20)24-5-4-6-27-25(24)17-29(33-27)31-26-16-21(8-9-28(26)34-35-31)22-15-23(19-32-18-22)37-14-13-36-11-2-3-12-36/h4-10,15-19,33H,2-3,11-14H2,1H3,(H,34,35). The molecule has 38 heavy (non-hydrogen) atoms. The Morgan fingerprint density at radius 2 is 1.84 bits per heavy atom. The fourth-order valence-electron chi connectivity index (χ4n) is 5.43. The highest BCUT2D eigenvalue weighted by Crippen LogP contribution is 2.37. The van der Waals surface area contributed by atoms with Gasteiger partial charge in [-0.05, 0) is 80.9 Å². The van der Waals surface area contributed by atoms with Crippen LogP contribution in [0, 0.1) is 6.92 Å². The fourth-order valence-corrected chi connectivity index (χ4v) is 6.34. The second kappa shape index (κ2) is 9.74. The van der Waals surface area contributed by atoms with Gasteiger partial charge in [0.2, 0.25) is 0 Å². The van der Waals surface area contributed by atoms with Crippen LogP contribution in [0.3, 0.4) is 0 Å². The molecule has 1 saturated heterocycles. The van der Waals surface area contributed by atoms with E-state index in [1.54, 1.807) is 6.20 Å². The van der Waals surface area contributed by atoms with Crippen LogP contribution in [0.25, 0.3) is 54.8 Å². The summed E-state index contributed by atoms with van der Waals surface area (Å²) >= 11 is 1.82.